The molecule has 3 aromatic carbocycles. The molecule has 0 saturated carbocycles. The van der Waals surface area contributed by atoms with Gasteiger partial charge in [0.25, 0.3) is 0 Å². The first kappa shape index (κ1) is 28.8. The van der Waals surface area contributed by atoms with Gasteiger partial charge in [0.2, 0.25) is 11.8 Å². The molecule has 3 aromatic rings. The number of anilines is 1. The van der Waals surface area contributed by atoms with Crippen molar-refractivity contribution in [2.45, 2.75) is 71.7 Å². The largest absolute Gasteiger partial charge is 0.444 e. The summed E-state index contributed by atoms with van der Waals surface area (Å²) in [5.74, 6) is -0.763. The van der Waals surface area contributed by atoms with Crippen LogP contribution in [-0.4, -0.2) is 29.6 Å². The second-order valence-corrected chi connectivity index (χ2v) is 10.9. The third kappa shape index (κ3) is 7.25. The molecule has 0 bridgehead atoms. The second-order valence-electron chi connectivity index (χ2n) is 10.9. The maximum Gasteiger partial charge on any atom is 0.407 e. The van der Waals surface area contributed by atoms with Crippen LogP contribution in [-0.2, 0) is 33.8 Å². The van der Waals surface area contributed by atoms with Crippen LogP contribution in [0.25, 0.3) is 11.1 Å². The van der Waals surface area contributed by atoms with Crippen LogP contribution in [0.3, 0.4) is 0 Å². The Kier molecular flexibility index (Phi) is 8.87. The summed E-state index contributed by atoms with van der Waals surface area (Å²) >= 11 is 0. The first-order valence-electron chi connectivity index (χ1n) is 13.6. The second kappa shape index (κ2) is 12.3. The van der Waals surface area contributed by atoms with Crippen molar-refractivity contribution in [1.82, 2.24) is 10.6 Å². The van der Waals surface area contributed by atoms with Gasteiger partial charge in [0.05, 0.1) is 6.54 Å². The van der Waals surface area contributed by atoms with Gasteiger partial charge in [-0.3, -0.25) is 9.59 Å². The van der Waals surface area contributed by atoms with Crippen LogP contribution in [0.15, 0.2) is 66.7 Å². The lowest BCUT2D eigenvalue weighted by Crippen LogP contribution is -2.47. The van der Waals surface area contributed by atoms with Crippen molar-refractivity contribution in [2.75, 3.05) is 4.90 Å². The summed E-state index contributed by atoms with van der Waals surface area (Å²) in [7, 11) is 0. The average Bonchev–Trinajstić information content (AvgIpc) is 3.03. The maximum absolute atomic E-state index is 14.0. The standard InChI is InChI=1S/C32H36FN3O4/c1-5-29(37)35-27-16-14-23-18-25(33)15-17-28(23)36(30(27)38)20-21-10-12-22(13-11-21)26-9-7-6-8-24(26)19-34-31(39)40-32(2,3)4/h6-13,15,17-18,27H,5,14,16,19-20H2,1-4H3,(H,34,39)(H,35,37)/t27-/m1/s1. The number of ether oxygens (including phenoxy) is 1. The first-order chi connectivity index (χ1) is 19.0. The van der Waals surface area contributed by atoms with Gasteiger partial charge in [-0.15, -0.1) is 0 Å². The van der Waals surface area contributed by atoms with Gasteiger partial charge in [-0.25, -0.2) is 9.18 Å². The van der Waals surface area contributed by atoms with Crippen LogP contribution in [0, 0.1) is 5.82 Å². The fourth-order valence-electron chi connectivity index (χ4n) is 4.75. The first-order valence-corrected chi connectivity index (χ1v) is 13.6. The summed E-state index contributed by atoms with van der Waals surface area (Å²) < 4.78 is 19.4. The van der Waals surface area contributed by atoms with Crippen LogP contribution in [0.5, 0.6) is 0 Å². The fraction of sp³-hybridized carbons (Fsp3) is 0.344. The van der Waals surface area contributed by atoms with Crippen LogP contribution in [0.1, 0.15) is 57.2 Å². The van der Waals surface area contributed by atoms with E-state index in [9.17, 15) is 18.8 Å². The van der Waals surface area contributed by atoms with Crippen molar-refractivity contribution >= 4 is 23.6 Å². The number of aryl methyl sites for hydroxylation is 1. The molecule has 0 aliphatic carbocycles. The Hall–Kier alpha value is -4.20. The van der Waals surface area contributed by atoms with Gasteiger partial charge in [0.1, 0.15) is 17.5 Å². The summed E-state index contributed by atoms with van der Waals surface area (Å²) in [6, 6.07) is 19.4. The lowest BCUT2D eigenvalue weighted by atomic mass is 9.98. The molecule has 1 heterocycles. The van der Waals surface area contributed by atoms with E-state index < -0.39 is 17.7 Å². The summed E-state index contributed by atoms with van der Waals surface area (Å²) in [6.07, 6.45) is 0.691. The summed E-state index contributed by atoms with van der Waals surface area (Å²) in [4.78, 5) is 39.5. The van der Waals surface area contributed by atoms with Crippen LogP contribution >= 0.6 is 0 Å². The molecule has 0 fully saturated rings. The molecular formula is C32H36FN3O4. The highest BCUT2D eigenvalue weighted by atomic mass is 19.1. The van der Waals surface area contributed by atoms with E-state index in [0.29, 0.717) is 25.1 Å². The van der Waals surface area contributed by atoms with Gasteiger partial charge < -0.3 is 20.3 Å². The molecule has 4 rings (SSSR count). The quantitative estimate of drug-likeness (QED) is 0.388. The Morgan fingerprint density at radius 2 is 1.77 bits per heavy atom. The maximum atomic E-state index is 14.0. The van der Waals surface area contributed by atoms with Crippen molar-refractivity contribution in [2.24, 2.45) is 0 Å². The molecule has 7 nitrogen and oxygen atoms in total. The molecule has 40 heavy (non-hydrogen) atoms. The highest BCUT2D eigenvalue weighted by Crippen LogP contribution is 2.30. The number of fused-ring (bicyclic) bond motifs is 1. The van der Waals surface area contributed by atoms with E-state index in [0.717, 1.165) is 27.8 Å². The van der Waals surface area contributed by atoms with Gasteiger partial charge in [-0.2, -0.15) is 0 Å². The number of carbonyl (C=O) groups excluding carboxylic acids is 3. The van der Waals surface area contributed by atoms with E-state index in [-0.39, 0.29) is 30.6 Å². The van der Waals surface area contributed by atoms with E-state index >= 15 is 0 Å². The van der Waals surface area contributed by atoms with Crippen molar-refractivity contribution in [3.05, 3.63) is 89.2 Å². The Morgan fingerprint density at radius 3 is 2.48 bits per heavy atom. The Morgan fingerprint density at radius 1 is 1.05 bits per heavy atom. The number of benzene rings is 3. The van der Waals surface area contributed by atoms with E-state index in [1.165, 1.54) is 12.1 Å². The van der Waals surface area contributed by atoms with Gasteiger partial charge in [-0.05, 0) is 79.6 Å². The van der Waals surface area contributed by atoms with Gasteiger partial charge in [0.15, 0.2) is 0 Å². The minimum absolute atomic E-state index is 0.195. The molecule has 1 aliphatic heterocycles. The molecule has 0 radical (unpaired) electrons. The Labute approximate surface area is 234 Å². The predicted molar refractivity (Wildman–Crippen MR) is 153 cm³/mol. The predicted octanol–water partition coefficient (Wildman–Crippen LogP) is 5.89. The molecular weight excluding hydrogens is 509 g/mol. The zero-order chi connectivity index (χ0) is 28.9. The minimum atomic E-state index is -0.675. The Bertz CT molecular complexity index is 1380. The number of alkyl carbamates (subject to hydrolysis) is 1. The van der Waals surface area contributed by atoms with E-state index in [4.69, 9.17) is 4.74 Å². The number of hydrogen-bond acceptors (Lipinski definition) is 4. The SMILES string of the molecule is CCC(=O)N[C@@H]1CCc2cc(F)ccc2N(Cc2ccc(-c3ccccc3CNC(=O)OC(C)(C)C)cc2)C1=O. The third-order valence-corrected chi connectivity index (χ3v) is 6.70. The summed E-state index contributed by atoms with van der Waals surface area (Å²) in [5, 5.41) is 5.64. The summed E-state index contributed by atoms with van der Waals surface area (Å²) in [6.45, 7) is 7.79. The zero-order valence-corrected chi connectivity index (χ0v) is 23.4. The fourth-order valence-corrected chi connectivity index (χ4v) is 4.75. The van der Waals surface area contributed by atoms with Gasteiger partial charge in [0, 0.05) is 18.7 Å². The number of amides is 3. The third-order valence-electron chi connectivity index (χ3n) is 6.70. The number of nitrogens with zero attached hydrogens (tertiary/aromatic N) is 1. The minimum Gasteiger partial charge on any atom is -0.444 e. The molecule has 0 unspecified atom stereocenters. The topological polar surface area (TPSA) is 87.7 Å². The van der Waals surface area contributed by atoms with Crippen LogP contribution in [0.2, 0.25) is 0 Å². The van der Waals surface area contributed by atoms with Crippen molar-refractivity contribution in [3.8, 4) is 11.1 Å². The van der Waals surface area contributed by atoms with Crippen LogP contribution in [0.4, 0.5) is 14.9 Å². The highest BCUT2D eigenvalue weighted by Gasteiger charge is 2.31. The molecule has 0 spiro atoms. The molecule has 0 aromatic heterocycles. The monoisotopic (exact) mass is 545 g/mol. The number of halogens is 1. The molecule has 1 aliphatic rings. The number of rotatable bonds is 7. The molecule has 2 N–H and O–H groups in total. The number of hydrogen-bond donors (Lipinski definition) is 2. The zero-order valence-electron chi connectivity index (χ0n) is 23.4. The molecule has 210 valence electrons. The molecule has 1 atom stereocenters. The van der Waals surface area contributed by atoms with Gasteiger partial charge in [-0.1, -0.05) is 55.5 Å². The smallest absolute Gasteiger partial charge is 0.407 e. The number of nitrogens with one attached hydrogen (secondary N) is 2. The Balaban J connectivity index is 1.55. The lowest BCUT2D eigenvalue weighted by molar-refractivity contribution is -0.127. The van der Waals surface area contributed by atoms with Crippen LogP contribution < -0.4 is 15.5 Å². The number of carbonyl (C=O) groups is 3. The summed E-state index contributed by atoms with van der Waals surface area (Å²) in [5.41, 5.74) is 4.58. The lowest BCUT2D eigenvalue weighted by Gasteiger charge is -2.26. The van der Waals surface area contributed by atoms with Crippen molar-refractivity contribution < 1.29 is 23.5 Å². The molecule has 8 heteroatoms. The van der Waals surface area contributed by atoms with Crippen molar-refractivity contribution in [1.29, 1.82) is 0 Å². The molecule has 3 amide bonds. The van der Waals surface area contributed by atoms with Gasteiger partial charge >= 0.3 is 6.09 Å². The van der Waals surface area contributed by atoms with E-state index in [1.54, 1.807) is 17.9 Å². The van der Waals surface area contributed by atoms with E-state index in [1.807, 2.05) is 69.3 Å². The highest BCUT2D eigenvalue weighted by molar-refractivity contribution is 6.00. The van der Waals surface area contributed by atoms with E-state index in [2.05, 4.69) is 10.6 Å². The molecule has 0 saturated heterocycles. The average molecular weight is 546 g/mol. The van der Waals surface area contributed by atoms with Crippen molar-refractivity contribution in [3.63, 3.8) is 0 Å². The normalized spacial score (nSPS) is 15.2.